The number of hydrogen-bond acceptors (Lipinski definition) is 7. The summed E-state index contributed by atoms with van der Waals surface area (Å²) in [6, 6.07) is 2.48. The molecule has 2 aromatic rings. The van der Waals surface area contributed by atoms with Crippen molar-refractivity contribution < 1.29 is 0 Å². The highest BCUT2D eigenvalue weighted by atomic mass is 15.3. The first kappa shape index (κ1) is 16.2. The summed E-state index contributed by atoms with van der Waals surface area (Å²) in [4.78, 5) is 24.6. The van der Waals surface area contributed by atoms with E-state index in [1.54, 1.807) is 18.9 Å². The molecule has 0 aliphatic carbocycles. The topological polar surface area (TPSA) is 61.3 Å². The zero-order valence-corrected chi connectivity index (χ0v) is 15.0. The van der Waals surface area contributed by atoms with Crippen molar-refractivity contribution in [3.63, 3.8) is 0 Å². The molecule has 1 fully saturated rings. The first-order valence-corrected chi connectivity index (χ1v) is 8.97. The fourth-order valence-corrected chi connectivity index (χ4v) is 3.88. The van der Waals surface area contributed by atoms with Crippen LogP contribution in [0.3, 0.4) is 0 Å². The van der Waals surface area contributed by atoms with Crippen molar-refractivity contribution in [2.75, 3.05) is 43.5 Å². The van der Waals surface area contributed by atoms with E-state index in [0.717, 1.165) is 57.1 Å². The Hall–Kier alpha value is -2.28. The number of likely N-dealkylation sites (N-methyl/N-ethyl adjacent to an activating group) is 1. The molecule has 0 N–H and O–H groups in total. The van der Waals surface area contributed by atoms with Crippen LogP contribution in [0.1, 0.15) is 24.1 Å². The molecule has 2 aromatic heterocycles. The average Bonchev–Trinajstić information content (AvgIpc) is 2.68. The highest BCUT2D eigenvalue weighted by Gasteiger charge is 2.27. The van der Waals surface area contributed by atoms with E-state index in [0.29, 0.717) is 6.04 Å². The smallest absolute Gasteiger partial charge is 0.136 e. The van der Waals surface area contributed by atoms with Crippen molar-refractivity contribution in [1.29, 1.82) is 0 Å². The van der Waals surface area contributed by atoms with E-state index in [1.165, 1.54) is 11.3 Å². The second-order valence-corrected chi connectivity index (χ2v) is 7.01. The normalized spacial score (nSPS) is 18.9. The number of piperidine rings is 1. The Morgan fingerprint density at radius 2 is 1.92 bits per heavy atom. The second-order valence-electron chi connectivity index (χ2n) is 7.01. The fourth-order valence-electron chi connectivity index (χ4n) is 3.88. The summed E-state index contributed by atoms with van der Waals surface area (Å²) in [6.07, 6.45) is 8.39. The lowest BCUT2D eigenvalue weighted by Crippen LogP contribution is -2.44. The van der Waals surface area contributed by atoms with Gasteiger partial charge in [-0.1, -0.05) is 0 Å². The molecule has 2 aliphatic rings. The molecule has 0 spiro atoms. The molecule has 0 bridgehead atoms. The average molecular weight is 339 g/mol. The molecule has 1 saturated heterocycles. The van der Waals surface area contributed by atoms with Gasteiger partial charge in [-0.05, 0) is 26.0 Å². The van der Waals surface area contributed by atoms with E-state index in [2.05, 4.69) is 48.7 Å². The minimum absolute atomic E-state index is 0.506. The highest BCUT2D eigenvalue weighted by Crippen LogP contribution is 2.28. The van der Waals surface area contributed by atoms with Crippen molar-refractivity contribution in [3.05, 3.63) is 36.2 Å². The number of aromatic nitrogens is 4. The summed E-state index contributed by atoms with van der Waals surface area (Å²) in [5, 5.41) is 0. The van der Waals surface area contributed by atoms with Crippen molar-refractivity contribution >= 4 is 11.6 Å². The van der Waals surface area contributed by atoms with Crippen molar-refractivity contribution in [2.24, 2.45) is 0 Å². The Labute approximate surface area is 148 Å². The first-order chi connectivity index (χ1) is 12.2. The quantitative estimate of drug-likeness (QED) is 0.837. The van der Waals surface area contributed by atoms with Gasteiger partial charge in [-0.25, -0.2) is 19.9 Å². The maximum absolute atomic E-state index is 4.63. The number of hydrogen-bond donors (Lipinski definition) is 0. The Morgan fingerprint density at radius 1 is 1.08 bits per heavy atom. The van der Waals surface area contributed by atoms with Crippen molar-refractivity contribution in [3.8, 4) is 0 Å². The molecule has 0 aromatic carbocycles. The van der Waals surface area contributed by atoms with Gasteiger partial charge in [0, 0.05) is 57.4 Å². The highest BCUT2D eigenvalue weighted by molar-refractivity contribution is 5.50. The minimum atomic E-state index is 0.506. The van der Waals surface area contributed by atoms with Gasteiger partial charge in [0.05, 0.1) is 5.69 Å². The zero-order valence-electron chi connectivity index (χ0n) is 15.0. The van der Waals surface area contributed by atoms with Gasteiger partial charge >= 0.3 is 0 Å². The molecule has 4 rings (SSSR count). The van der Waals surface area contributed by atoms with Crippen LogP contribution in [0.4, 0.5) is 11.6 Å². The predicted molar refractivity (Wildman–Crippen MR) is 97.7 cm³/mol. The van der Waals surface area contributed by atoms with Crippen LogP contribution < -0.4 is 9.80 Å². The van der Waals surface area contributed by atoms with Crippen LogP contribution in [-0.4, -0.2) is 64.6 Å². The molecule has 7 nitrogen and oxygen atoms in total. The predicted octanol–water partition coefficient (Wildman–Crippen LogP) is 1.36. The summed E-state index contributed by atoms with van der Waals surface area (Å²) in [7, 11) is 4.30. The van der Waals surface area contributed by atoms with E-state index in [-0.39, 0.29) is 0 Å². The Morgan fingerprint density at radius 3 is 2.68 bits per heavy atom. The van der Waals surface area contributed by atoms with Crippen LogP contribution >= 0.6 is 0 Å². The Kier molecular flexibility index (Phi) is 4.48. The van der Waals surface area contributed by atoms with E-state index >= 15 is 0 Å². The lowest BCUT2D eigenvalue weighted by molar-refractivity contribution is 0.308. The van der Waals surface area contributed by atoms with Gasteiger partial charge < -0.3 is 14.7 Å². The monoisotopic (exact) mass is 339 g/mol. The van der Waals surface area contributed by atoms with E-state index in [9.17, 15) is 0 Å². The lowest BCUT2D eigenvalue weighted by atomic mass is 10.0. The maximum Gasteiger partial charge on any atom is 0.136 e. The molecular weight excluding hydrogens is 314 g/mol. The Bertz CT molecular complexity index is 713. The van der Waals surface area contributed by atoms with Crippen LogP contribution in [-0.2, 0) is 13.0 Å². The van der Waals surface area contributed by atoms with Gasteiger partial charge in [-0.15, -0.1) is 0 Å². The van der Waals surface area contributed by atoms with Crippen molar-refractivity contribution in [1.82, 2.24) is 24.8 Å². The molecule has 0 amide bonds. The Balaban J connectivity index is 1.46. The number of rotatable bonds is 3. The molecule has 4 heterocycles. The van der Waals surface area contributed by atoms with E-state index in [4.69, 9.17) is 0 Å². The third-order valence-corrected chi connectivity index (χ3v) is 5.41. The van der Waals surface area contributed by atoms with Crippen LogP contribution in [0.25, 0.3) is 0 Å². The van der Waals surface area contributed by atoms with E-state index < -0.39 is 0 Å². The standard InChI is InChI=1S/C18H25N7/c1-23-8-6-16-15(11-23)18(22-13-20-16)25-9-4-14(5-10-25)24(2)17-3-7-19-12-21-17/h3,7,12-14H,4-6,8-11H2,1-2H3. The second kappa shape index (κ2) is 6.92. The van der Waals surface area contributed by atoms with Crippen LogP contribution in [0.15, 0.2) is 24.9 Å². The van der Waals surface area contributed by atoms with Crippen LogP contribution in [0.2, 0.25) is 0 Å². The van der Waals surface area contributed by atoms with Gasteiger partial charge in [0.1, 0.15) is 24.3 Å². The summed E-state index contributed by atoms with van der Waals surface area (Å²) in [6.45, 7) is 4.07. The zero-order chi connectivity index (χ0) is 17.2. The number of fused-ring (bicyclic) bond motifs is 1. The molecule has 0 radical (unpaired) electrons. The number of nitrogens with zero attached hydrogens (tertiary/aromatic N) is 7. The van der Waals surface area contributed by atoms with Crippen LogP contribution in [0.5, 0.6) is 0 Å². The summed E-state index contributed by atoms with van der Waals surface area (Å²) >= 11 is 0. The third-order valence-electron chi connectivity index (χ3n) is 5.41. The van der Waals surface area contributed by atoms with Gasteiger partial charge in [-0.3, -0.25) is 0 Å². The fraction of sp³-hybridized carbons (Fsp3) is 0.556. The molecule has 132 valence electrons. The largest absolute Gasteiger partial charge is 0.356 e. The third kappa shape index (κ3) is 3.28. The van der Waals surface area contributed by atoms with Gasteiger partial charge in [0.15, 0.2) is 0 Å². The molecule has 0 atom stereocenters. The molecular formula is C18H25N7. The maximum atomic E-state index is 4.63. The molecule has 25 heavy (non-hydrogen) atoms. The van der Waals surface area contributed by atoms with Gasteiger partial charge in [0.25, 0.3) is 0 Å². The SMILES string of the molecule is CN1CCc2ncnc(N3CCC(N(C)c4ccncn4)CC3)c2C1. The first-order valence-electron chi connectivity index (χ1n) is 8.97. The molecule has 2 aliphatic heterocycles. The van der Waals surface area contributed by atoms with Crippen molar-refractivity contribution in [2.45, 2.75) is 31.8 Å². The number of anilines is 2. The molecule has 0 saturated carbocycles. The molecule has 0 unspecified atom stereocenters. The minimum Gasteiger partial charge on any atom is -0.356 e. The van der Waals surface area contributed by atoms with Crippen LogP contribution in [0, 0.1) is 0 Å². The van der Waals surface area contributed by atoms with E-state index in [1.807, 2.05) is 6.07 Å². The van der Waals surface area contributed by atoms with Gasteiger partial charge in [-0.2, -0.15) is 0 Å². The summed E-state index contributed by atoms with van der Waals surface area (Å²) < 4.78 is 0. The summed E-state index contributed by atoms with van der Waals surface area (Å²) in [5.74, 6) is 2.13. The molecule has 7 heteroatoms. The van der Waals surface area contributed by atoms with Gasteiger partial charge in [0.2, 0.25) is 0 Å². The summed E-state index contributed by atoms with van der Waals surface area (Å²) in [5.41, 5.74) is 2.54. The lowest BCUT2D eigenvalue weighted by Gasteiger charge is -2.39.